The van der Waals surface area contributed by atoms with Gasteiger partial charge in [0.25, 0.3) is 0 Å². The van der Waals surface area contributed by atoms with Crippen LogP contribution in [0.1, 0.15) is 30.9 Å². The van der Waals surface area contributed by atoms with Crippen LogP contribution in [0.4, 0.5) is 13.2 Å². The summed E-state index contributed by atoms with van der Waals surface area (Å²) >= 11 is 0. The second-order valence-electron chi connectivity index (χ2n) is 7.25. The van der Waals surface area contributed by atoms with Gasteiger partial charge in [0.1, 0.15) is 17.5 Å². The maximum Gasteiger partial charge on any atom is 0.191 e. The van der Waals surface area contributed by atoms with Gasteiger partial charge in [-0.25, -0.2) is 18.2 Å². The van der Waals surface area contributed by atoms with Crippen molar-refractivity contribution in [2.45, 2.75) is 38.9 Å². The highest BCUT2D eigenvalue weighted by Gasteiger charge is 2.20. The third-order valence-corrected chi connectivity index (χ3v) is 5.01. The average Bonchev–Trinajstić information content (AvgIpc) is 2.72. The van der Waals surface area contributed by atoms with E-state index in [1.54, 1.807) is 0 Å². The van der Waals surface area contributed by atoms with E-state index in [4.69, 9.17) is 0 Å². The predicted octanol–water partition coefficient (Wildman–Crippen LogP) is 4.44. The van der Waals surface area contributed by atoms with Crippen LogP contribution in [0.25, 0.3) is 0 Å². The predicted molar refractivity (Wildman–Crippen MR) is 124 cm³/mol. The molecule has 1 heterocycles. The summed E-state index contributed by atoms with van der Waals surface area (Å²) in [6.45, 7) is 5.37. The molecule has 164 valence electrons. The minimum absolute atomic E-state index is 0. The SMILES string of the molecule is CCNC(=NCc1cc(F)ccc1F)NC1CCN(Cc2ccc(F)cc2)CC1.I. The maximum atomic E-state index is 13.8. The Balaban J connectivity index is 0.00000320. The molecule has 1 aliphatic heterocycles. The van der Waals surface area contributed by atoms with E-state index < -0.39 is 11.6 Å². The third kappa shape index (κ3) is 7.46. The molecule has 0 bridgehead atoms. The van der Waals surface area contributed by atoms with Crippen molar-refractivity contribution in [3.8, 4) is 0 Å². The molecule has 0 aliphatic carbocycles. The minimum atomic E-state index is -0.469. The Morgan fingerprint density at radius 3 is 2.37 bits per heavy atom. The summed E-state index contributed by atoms with van der Waals surface area (Å²) in [6, 6.07) is 10.3. The van der Waals surface area contributed by atoms with Crippen molar-refractivity contribution in [1.29, 1.82) is 0 Å². The molecule has 0 aromatic heterocycles. The Bertz CT molecular complexity index is 822. The van der Waals surface area contributed by atoms with Crippen molar-refractivity contribution in [3.05, 3.63) is 71.0 Å². The number of nitrogens with zero attached hydrogens (tertiary/aromatic N) is 2. The Morgan fingerprint density at radius 2 is 1.70 bits per heavy atom. The lowest BCUT2D eigenvalue weighted by Gasteiger charge is -2.33. The van der Waals surface area contributed by atoms with Gasteiger partial charge in [0, 0.05) is 37.8 Å². The molecule has 2 aromatic carbocycles. The molecule has 0 atom stereocenters. The first-order valence-electron chi connectivity index (χ1n) is 9.99. The standard InChI is InChI=1S/C22H27F3N4.HI/c1-2-26-22(27-14-17-13-19(24)7-8-21(17)25)28-20-9-11-29(12-10-20)15-16-3-5-18(23)6-4-16;/h3-8,13,20H,2,9-12,14-15H2,1H3,(H2,26,27,28);1H. The maximum absolute atomic E-state index is 13.8. The van der Waals surface area contributed by atoms with Crippen LogP contribution >= 0.6 is 24.0 Å². The number of aliphatic imine (C=N–C) groups is 1. The van der Waals surface area contributed by atoms with Crippen molar-refractivity contribution in [3.63, 3.8) is 0 Å². The Kier molecular flexibility index (Phi) is 9.90. The van der Waals surface area contributed by atoms with E-state index in [1.807, 2.05) is 19.1 Å². The van der Waals surface area contributed by atoms with Gasteiger partial charge in [-0.1, -0.05) is 12.1 Å². The van der Waals surface area contributed by atoms with Gasteiger partial charge in [-0.3, -0.25) is 4.90 Å². The zero-order valence-corrected chi connectivity index (χ0v) is 19.3. The zero-order chi connectivity index (χ0) is 20.6. The molecule has 0 radical (unpaired) electrons. The van der Waals surface area contributed by atoms with Gasteiger partial charge >= 0.3 is 0 Å². The molecule has 1 saturated heterocycles. The van der Waals surface area contributed by atoms with E-state index in [-0.39, 0.29) is 47.9 Å². The average molecular weight is 532 g/mol. The Morgan fingerprint density at radius 1 is 1.03 bits per heavy atom. The highest BCUT2D eigenvalue weighted by atomic mass is 127. The Hall–Kier alpha value is -1.81. The molecule has 1 aliphatic rings. The van der Waals surface area contributed by atoms with Gasteiger partial charge in [-0.2, -0.15) is 0 Å². The molecule has 3 rings (SSSR count). The first-order valence-corrected chi connectivity index (χ1v) is 9.99. The van der Waals surface area contributed by atoms with Gasteiger partial charge < -0.3 is 10.6 Å². The smallest absolute Gasteiger partial charge is 0.191 e. The number of rotatable bonds is 6. The molecule has 4 nitrogen and oxygen atoms in total. The van der Waals surface area contributed by atoms with Crippen LogP contribution in [0, 0.1) is 17.5 Å². The van der Waals surface area contributed by atoms with Gasteiger partial charge in [0.2, 0.25) is 0 Å². The first-order chi connectivity index (χ1) is 14.0. The van der Waals surface area contributed by atoms with E-state index in [0.717, 1.165) is 50.2 Å². The van der Waals surface area contributed by atoms with Gasteiger partial charge in [-0.05, 0) is 55.7 Å². The van der Waals surface area contributed by atoms with Crippen LogP contribution in [0.2, 0.25) is 0 Å². The molecule has 0 unspecified atom stereocenters. The van der Waals surface area contributed by atoms with Crippen LogP contribution < -0.4 is 10.6 Å². The lowest BCUT2D eigenvalue weighted by molar-refractivity contribution is 0.198. The quantitative estimate of drug-likeness (QED) is 0.329. The monoisotopic (exact) mass is 532 g/mol. The molecule has 2 aromatic rings. The van der Waals surface area contributed by atoms with Crippen molar-refractivity contribution >= 4 is 29.9 Å². The molecule has 0 saturated carbocycles. The van der Waals surface area contributed by atoms with Crippen LogP contribution in [0.5, 0.6) is 0 Å². The number of hydrogen-bond acceptors (Lipinski definition) is 2. The fourth-order valence-electron chi connectivity index (χ4n) is 3.43. The number of hydrogen-bond donors (Lipinski definition) is 2. The minimum Gasteiger partial charge on any atom is -0.357 e. The molecular weight excluding hydrogens is 504 g/mol. The number of likely N-dealkylation sites (tertiary alicyclic amines) is 1. The van der Waals surface area contributed by atoms with E-state index in [2.05, 4.69) is 20.5 Å². The van der Waals surface area contributed by atoms with Gasteiger partial charge in [0.05, 0.1) is 6.54 Å². The van der Waals surface area contributed by atoms with E-state index in [1.165, 1.54) is 18.2 Å². The fourth-order valence-corrected chi connectivity index (χ4v) is 3.43. The third-order valence-electron chi connectivity index (χ3n) is 5.01. The number of benzene rings is 2. The van der Waals surface area contributed by atoms with Crippen LogP contribution in [0.3, 0.4) is 0 Å². The second-order valence-corrected chi connectivity index (χ2v) is 7.25. The molecule has 0 spiro atoms. The summed E-state index contributed by atoms with van der Waals surface area (Å²) in [5, 5.41) is 6.56. The molecule has 8 heteroatoms. The molecule has 2 N–H and O–H groups in total. The van der Waals surface area contributed by atoms with E-state index in [0.29, 0.717) is 12.5 Å². The second kappa shape index (κ2) is 12.1. The number of nitrogens with one attached hydrogen (secondary N) is 2. The highest BCUT2D eigenvalue weighted by molar-refractivity contribution is 14.0. The van der Waals surface area contributed by atoms with Crippen molar-refractivity contribution < 1.29 is 13.2 Å². The molecule has 1 fully saturated rings. The molecular formula is C22H28F3IN4. The summed E-state index contributed by atoms with van der Waals surface area (Å²) in [6.07, 6.45) is 1.89. The zero-order valence-electron chi connectivity index (χ0n) is 17.0. The van der Waals surface area contributed by atoms with Crippen LogP contribution in [-0.4, -0.2) is 36.5 Å². The molecule has 30 heavy (non-hydrogen) atoms. The summed E-state index contributed by atoms with van der Waals surface area (Å²) in [5.41, 5.74) is 1.33. The summed E-state index contributed by atoms with van der Waals surface area (Å²) in [7, 11) is 0. The highest BCUT2D eigenvalue weighted by Crippen LogP contribution is 2.15. The fraction of sp³-hybridized carbons (Fsp3) is 0.409. The Labute approximate surface area is 193 Å². The molecule has 0 amide bonds. The van der Waals surface area contributed by atoms with Gasteiger partial charge in [-0.15, -0.1) is 24.0 Å². The van der Waals surface area contributed by atoms with E-state index in [9.17, 15) is 13.2 Å². The van der Waals surface area contributed by atoms with Crippen molar-refractivity contribution in [1.82, 2.24) is 15.5 Å². The van der Waals surface area contributed by atoms with E-state index >= 15 is 0 Å². The summed E-state index contributed by atoms with van der Waals surface area (Å²) < 4.78 is 40.2. The van der Waals surface area contributed by atoms with Crippen molar-refractivity contribution in [2.75, 3.05) is 19.6 Å². The first kappa shape index (κ1) is 24.5. The normalized spacial score (nSPS) is 15.5. The van der Waals surface area contributed by atoms with Crippen LogP contribution in [-0.2, 0) is 13.1 Å². The van der Waals surface area contributed by atoms with Crippen LogP contribution in [0.15, 0.2) is 47.5 Å². The van der Waals surface area contributed by atoms with Crippen molar-refractivity contribution in [2.24, 2.45) is 4.99 Å². The summed E-state index contributed by atoms with van der Waals surface area (Å²) in [5.74, 6) is -0.540. The number of guanidine groups is 1. The van der Waals surface area contributed by atoms with Gasteiger partial charge in [0.15, 0.2) is 5.96 Å². The lowest BCUT2D eigenvalue weighted by atomic mass is 10.0. The topological polar surface area (TPSA) is 39.7 Å². The largest absolute Gasteiger partial charge is 0.357 e. The summed E-state index contributed by atoms with van der Waals surface area (Å²) in [4.78, 5) is 6.76. The number of halogens is 4. The lowest BCUT2D eigenvalue weighted by Crippen LogP contribution is -2.48. The number of piperidine rings is 1.